The van der Waals surface area contributed by atoms with Crippen molar-refractivity contribution in [3.63, 3.8) is 0 Å². The number of non-ortho nitro benzene ring substituents is 1. The average molecular weight is 369 g/mol. The van der Waals surface area contributed by atoms with Crippen LogP contribution in [0.1, 0.15) is 15.9 Å². The Kier molecular flexibility index (Phi) is 4.51. The van der Waals surface area contributed by atoms with Crippen molar-refractivity contribution < 1.29 is 9.72 Å². The highest BCUT2D eigenvalue weighted by Gasteiger charge is 2.09. The highest BCUT2D eigenvalue weighted by Crippen LogP contribution is 2.27. The van der Waals surface area contributed by atoms with Gasteiger partial charge in [0.15, 0.2) is 0 Å². The van der Waals surface area contributed by atoms with E-state index in [1.54, 1.807) is 6.21 Å². The summed E-state index contributed by atoms with van der Waals surface area (Å²) in [6.45, 7) is 0. The fourth-order valence-corrected chi connectivity index (χ4v) is 3.14. The fraction of sp³-hybridized carbons (Fsp3) is 0. The minimum absolute atomic E-state index is 0.0673. The quantitative estimate of drug-likeness (QED) is 0.246. The van der Waals surface area contributed by atoms with Gasteiger partial charge in [-0.3, -0.25) is 14.9 Å². The van der Waals surface area contributed by atoms with Gasteiger partial charge in [-0.05, 0) is 39.7 Å². The molecule has 0 spiro atoms. The van der Waals surface area contributed by atoms with E-state index in [1.807, 2.05) is 48.5 Å². The SMILES string of the molecule is O=C(N/N=C/c1c2ccccc2cc2ccccc12)c1ccc([N+](=O)[O-])cc1. The van der Waals surface area contributed by atoms with Crippen LogP contribution in [0, 0.1) is 10.1 Å². The molecular formula is C22H15N3O3. The molecule has 0 atom stereocenters. The van der Waals surface area contributed by atoms with E-state index in [0.29, 0.717) is 5.56 Å². The van der Waals surface area contributed by atoms with Crippen molar-refractivity contribution >= 4 is 39.4 Å². The van der Waals surface area contributed by atoms with Gasteiger partial charge in [-0.2, -0.15) is 5.10 Å². The van der Waals surface area contributed by atoms with Gasteiger partial charge in [0.05, 0.1) is 11.1 Å². The number of carbonyl (C=O) groups is 1. The van der Waals surface area contributed by atoms with Crippen LogP contribution in [0.4, 0.5) is 5.69 Å². The van der Waals surface area contributed by atoms with Crippen molar-refractivity contribution in [2.45, 2.75) is 0 Å². The van der Waals surface area contributed by atoms with Gasteiger partial charge in [0.1, 0.15) is 0 Å². The number of amides is 1. The Morgan fingerprint density at radius 2 is 1.46 bits per heavy atom. The van der Waals surface area contributed by atoms with Crippen molar-refractivity contribution in [1.29, 1.82) is 0 Å². The van der Waals surface area contributed by atoms with Gasteiger partial charge in [-0.15, -0.1) is 0 Å². The lowest BCUT2D eigenvalue weighted by atomic mass is 9.97. The van der Waals surface area contributed by atoms with E-state index in [4.69, 9.17) is 0 Å². The number of fused-ring (bicyclic) bond motifs is 2. The third kappa shape index (κ3) is 3.31. The fourth-order valence-electron chi connectivity index (χ4n) is 3.14. The van der Waals surface area contributed by atoms with Gasteiger partial charge in [0, 0.05) is 23.3 Å². The number of benzene rings is 4. The van der Waals surface area contributed by atoms with E-state index >= 15 is 0 Å². The van der Waals surface area contributed by atoms with Crippen LogP contribution in [-0.2, 0) is 0 Å². The summed E-state index contributed by atoms with van der Waals surface area (Å²) in [5.74, 6) is -0.435. The number of rotatable bonds is 4. The van der Waals surface area contributed by atoms with Crippen molar-refractivity contribution in [3.8, 4) is 0 Å². The molecule has 136 valence electrons. The van der Waals surface area contributed by atoms with Gasteiger partial charge in [0.25, 0.3) is 11.6 Å². The molecule has 0 radical (unpaired) electrons. The molecule has 0 bridgehead atoms. The topological polar surface area (TPSA) is 84.6 Å². The largest absolute Gasteiger partial charge is 0.271 e. The highest BCUT2D eigenvalue weighted by molar-refractivity contribution is 6.13. The second-order valence-electron chi connectivity index (χ2n) is 6.24. The summed E-state index contributed by atoms with van der Waals surface area (Å²) in [6.07, 6.45) is 1.63. The van der Waals surface area contributed by atoms with Gasteiger partial charge in [-0.1, -0.05) is 48.5 Å². The molecule has 0 saturated heterocycles. The molecule has 0 fully saturated rings. The van der Waals surface area contributed by atoms with Crippen LogP contribution in [0.3, 0.4) is 0 Å². The molecule has 4 aromatic rings. The molecule has 0 saturated carbocycles. The number of nitrogens with one attached hydrogen (secondary N) is 1. The van der Waals surface area contributed by atoms with Crippen LogP contribution in [0.25, 0.3) is 21.5 Å². The Morgan fingerprint density at radius 3 is 2.04 bits per heavy atom. The summed E-state index contributed by atoms with van der Waals surface area (Å²) in [7, 11) is 0. The summed E-state index contributed by atoms with van der Waals surface area (Å²) in [5.41, 5.74) is 3.63. The van der Waals surface area contributed by atoms with Crippen LogP contribution in [0.15, 0.2) is 84.0 Å². The minimum atomic E-state index is -0.508. The van der Waals surface area contributed by atoms with Gasteiger partial charge >= 0.3 is 0 Å². The lowest BCUT2D eigenvalue weighted by Gasteiger charge is -2.08. The maximum absolute atomic E-state index is 12.2. The Bertz CT molecular complexity index is 1180. The maximum Gasteiger partial charge on any atom is 0.271 e. The van der Waals surface area contributed by atoms with Crippen LogP contribution >= 0.6 is 0 Å². The predicted octanol–water partition coefficient (Wildman–Crippen LogP) is 4.67. The zero-order valence-electron chi connectivity index (χ0n) is 14.7. The average Bonchev–Trinajstić information content (AvgIpc) is 2.73. The first-order chi connectivity index (χ1) is 13.6. The van der Waals surface area contributed by atoms with E-state index in [-0.39, 0.29) is 5.69 Å². The molecule has 6 nitrogen and oxygen atoms in total. The van der Waals surface area contributed by atoms with Crippen LogP contribution in [-0.4, -0.2) is 17.0 Å². The van der Waals surface area contributed by atoms with Crippen molar-refractivity contribution in [2.75, 3.05) is 0 Å². The van der Waals surface area contributed by atoms with E-state index in [9.17, 15) is 14.9 Å². The monoisotopic (exact) mass is 369 g/mol. The molecule has 4 rings (SSSR count). The molecule has 0 aliphatic heterocycles. The highest BCUT2D eigenvalue weighted by atomic mass is 16.6. The van der Waals surface area contributed by atoms with Crippen LogP contribution in [0.2, 0.25) is 0 Å². The van der Waals surface area contributed by atoms with E-state index < -0.39 is 10.8 Å². The minimum Gasteiger partial charge on any atom is -0.267 e. The smallest absolute Gasteiger partial charge is 0.267 e. The number of nitro groups is 1. The van der Waals surface area contributed by atoms with Gasteiger partial charge in [0.2, 0.25) is 0 Å². The van der Waals surface area contributed by atoms with Crippen LogP contribution < -0.4 is 5.43 Å². The Morgan fingerprint density at radius 1 is 0.893 bits per heavy atom. The predicted molar refractivity (Wildman–Crippen MR) is 110 cm³/mol. The summed E-state index contributed by atoms with van der Waals surface area (Å²) in [6, 6.07) is 23.5. The number of nitro benzene ring substituents is 1. The summed E-state index contributed by atoms with van der Waals surface area (Å²) in [4.78, 5) is 22.4. The Balaban J connectivity index is 1.64. The zero-order chi connectivity index (χ0) is 19.5. The van der Waals surface area contributed by atoms with Gasteiger partial charge in [-0.25, -0.2) is 5.43 Å². The number of hydrogen-bond acceptors (Lipinski definition) is 4. The van der Waals surface area contributed by atoms with Crippen LogP contribution in [0.5, 0.6) is 0 Å². The zero-order valence-corrected chi connectivity index (χ0v) is 14.7. The van der Waals surface area contributed by atoms with E-state index in [1.165, 1.54) is 24.3 Å². The number of hydrazone groups is 1. The molecule has 6 heteroatoms. The third-order valence-electron chi connectivity index (χ3n) is 4.51. The first-order valence-corrected chi connectivity index (χ1v) is 8.62. The molecule has 0 aliphatic rings. The molecular weight excluding hydrogens is 354 g/mol. The number of nitrogens with zero attached hydrogens (tertiary/aromatic N) is 2. The normalized spacial score (nSPS) is 11.1. The molecule has 0 heterocycles. The standard InChI is InChI=1S/C22H15N3O3/c26-22(15-9-11-18(12-10-15)25(27)28)24-23-14-21-19-7-3-1-5-16(19)13-17-6-2-4-8-20(17)21/h1-14H,(H,24,26)/b23-14+. The summed E-state index contributed by atoms with van der Waals surface area (Å²) < 4.78 is 0. The molecule has 4 aromatic carbocycles. The van der Waals surface area contributed by atoms with Crippen molar-refractivity contribution in [3.05, 3.63) is 100 Å². The third-order valence-corrected chi connectivity index (χ3v) is 4.51. The Labute approximate surface area is 160 Å². The lowest BCUT2D eigenvalue weighted by Crippen LogP contribution is -2.17. The second-order valence-corrected chi connectivity index (χ2v) is 6.24. The van der Waals surface area contributed by atoms with E-state index in [2.05, 4.69) is 16.6 Å². The van der Waals surface area contributed by atoms with Gasteiger partial charge < -0.3 is 0 Å². The maximum atomic E-state index is 12.2. The van der Waals surface area contributed by atoms with Crippen molar-refractivity contribution in [1.82, 2.24) is 5.43 Å². The molecule has 0 aromatic heterocycles. The molecule has 1 N–H and O–H groups in total. The molecule has 0 aliphatic carbocycles. The molecule has 28 heavy (non-hydrogen) atoms. The first kappa shape index (κ1) is 17.4. The van der Waals surface area contributed by atoms with Crippen molar-refractivity contribution in [2.24, 2.45) is 5.10 Å². The lowest BCUT2D eigenvalue weighted by molar-refractivity contribution is -0.384. The number of carbonyl (C=O) groups excluding carboxylic acids is 1. The molecule has 0 unspecified atom stereocenters. The Hall–Kier alpha value is -4.06. The van der Waals surface area contributed by atoms with E-state index in [0.717, 1.165) is 27.1 Å². The summed E-state index contributed by atoms with van der Waals surface area (Å²) in [5, 5.41) is 19.1. The second kappa shape index (κ2) is 7.28. The number of hydrogen-bond donors (Lipinski definition) is 1. The molecule has 1 amide bonds. The summed E-state index contributed by atoms with van der Waals surface area (Å²) >= 11 is 0. The first-order valence-electron chi connectivity index (χ1n) is 8.62.